The molecule has 2 saturated heterocycles. The number of ether oxygens (including phenoxy) is 1. The lowest BCUT2D eigenvalue weighted by Gasteiger charge is -2.46. The summed E-state index contributed by atoms with van der Waals surface area (Å²) in [5, 5.41) is 7.07. The van der Waals surface area contributed by atoms with Gasteiger partial charge in [-0.05, 0) is 82.0 Å². The predicted octanol–water partition coefficient (Wildman–Crippen LogP) is 6.17. The molecule has 7 heteroatoms. The number of benzene rings is 2. The first-order chi connectivity index (χ1) is 17.0. The highest BCUT2D eigenvalue weighted by Gasteiger charge is 2.43. The fourth-order valence-electron chi connectivity index (χ4n) is 5.95. The molecule has 5 rings (SSSR count). The van der Waals surface area contributed by atoms with E-state index in [0.29, 0.717) is 5.56 Å². The van der Waals surface area contributed by atoms with Gasteiger partial charge in [-0.1, -0.05) is 36.8 Å². The second kappa shape index (κ2) is 10.9. The van der Waals surface area contributed by atoms with E-state index < -0.39 is 11.7 Å². The van der Waals surface area contributed by atoms with Crippen LogP contribution in [0.3, 0.4) is 0 Å². The molecule has 4 atom stereocenters. The zero-order valence-corrected chi connectivity index (χ0v) is 20.2. The third kappa shape index (κ3) is 5.84. The number of likely N-dealkylation sites (tertiary alicyclic amines) is 1. The Kier molecular flexibility index (Phi) is 7.65. The van der Waals surface area contributed by atoms with Crippen LogP contribution in [0.4, 0.5) is 18.9 Å². The summed E-state index contributed by atoms with van der Waals surface area (Å²) >= 11 is 0. The topological polar surface area (TPSA) is 36.5 Å². The van der Waals surface area contributed by atoms with Gasteiger partial charge in [0.05, 0.1) is 23.8 Å². The number of hydrogen-bond acceptors (Lipinski definition) is 4. The maximum atomic E-state index is 13.5. The lowest BCUT2D eigenvalue weighted by atomic mass is 9.76. The summed E-state index contributed by atoms with van der Waals surface area (Å²) in [6.07, 6.45) is 2.17. The summed E-state index contributed by atoms with van der Waals surface area (Å²) in [5.74, 6) is 0.0868. The number of nitrogens with one attached hydrogen (secondary N) is 2. The van der Waals surface area contributed by atoms with Crippen LogP contribution in [0.25, 0.3) is 0 Å². The van der Waals surface area contributed by atoms with Crippen LogP contribution in [0.2, 0.25) is 0 Å². The van der Waals surface area contributed by atoms with Gasteiger partial charge in [0.2, 0.25) is 0 Å². The zero-order valence-electron chi connectivity index (χ0n) is 20.2. The van der Waals surface area contributed by atoms with Crippen LogP contribution in [0.5, 0.6) is 0 Å². The number of rotatable bonds is 7. The molecule has 0 aromatic heterocycles. The van der Waals surface area contributed by atoms with Crippen molar-refractivity contribution in [3.05, 3.63) is 65.2 Å². The van der Waals surface area contributed by atoms with E-state index in [1.165, 1.54) is 44.5 Å². The first-order valence-corrected chi connectivity index (χ1v) is 13.1. The highest BCUT2D eigenvalue weighted by molar-refractivity contribution is 5.58. The molecule has 2 aromatic rings. The summed E-state index contributed by atoms with van der Waals surface area (Å²) in [4.78, 5) is 2.54. The Morgan fingerprint density at radius 3 is 2.57 bits per heavy atom. The molecule has 0 aliphatic carbocycles. The van der Waals surface area contributed by atoms with Gasteiger partial charge in [0.1, 0.15) is 0 Å². The van der Waals surface area contributed by atoms with E-state index in [4.69, 9.17) is 4.74 Å². The molecular weight excluding hydrogens is 451 g/mol. The molecule has 190 valence electrons. The van der Waals surface area contributed by atoms with E-state index in [9.17, 15) is 13.2 Å². The third-order valence-corrected chi connectivity index (χ3v) is 7.78. The Morgan fingerprint density at radius 2 is 1.80 bits per heavy atom. The molecule has 3 heterocycles. The molecule has 35 heavy (non-hydrogen) atoms. The van der Waals surface area contributed by atoms with Crippen LogP contribution in [-0.2, 0) is 10.9 Å². The molecule has 0 saturated carbocycles. The number of piperidine rings is 1. The molecule has 0 unspecified atom stereocenters. The van der Waals surface area contributed by atoms with Crippen LogP contribution in [0.15, 0.2) is 48.5 Å². The Hall–Kier alpha value is -2.09. The average Bonchev–Trinajstić information content (AvgIpc) is 2.88. The average molecular weight is 488 g/mol. The van der Waals surface area contributed by atoms with Crippen molar-refractivity contribution in [2.45, 2.75) is 63.0 Å². The van der Waals surface area contributed by atoms with Gasteiger partial charge in [0.15, 0.2) is 0 Å². The van der Waals surface area contributed by atoms with Crippen molar-refractivity contribution in [2.75, 3.05) is 38.0 Å². The highest BCUT2D eigenvalue weighted by Crippen LogP contribution is 2.51. The standard InChI is InChI=1S/C28H36F3N3O/c29-28(30,31)21-10-13-25-24(18-21)27-23(26(33-25)20-8-3-1-4-9-20)12-11-22(35-27)19-32-14-7-17-34-15-5-2-6-16-34/h1,3-4,8-10,13,18,22-23,26-27,32-33H,2,5-7,11-12,14-17,19H2/t22-,23+,26+,27+/m1/s1. The second-order valence-corrected chi connectivity index (χ2v) is 10.2. The smallest absolute Gasteiger partial charge is 0.378 e. The monoisotopic (exact) mass is 487 g/mol. The maximum absolute atomic E-state index is 13.5. The minimum atomic E-state index is -4.37. The predicted molar refractivity (Wildman–Crippen MR) is 132 cm³/mol. The van der Waals surface area contributed by atoms with E-state index in [-0.39, 0.29) is 24.2 Å². The molecule has 2 N–H and O–H groups in total. The van der Waals surface area contributed by atoms with Crippen molar-refractivity contribution in [3.63, 3.8) is 0 Å². The number of nitrogens with zero attached hydrogens (tertiary/aromatic N) is 1. The summed E-state index contributed by atoms with van der Waals surface area (Å²) in [7, 11) is 0. The van der Waals surface area contributed by atoms with Gasteiger partial charge in [0.25, 0.3) is 0 Å². The van der Waals surface area contributed by atoms with Crippen molar-refractivity contribution in [1.82, 2.24) is 10.2 Å². The lowest BCUT2D eigenvalue weighted by molar-refractivity contribution is -0.138. The van der Waals surface area contributed by atoms with E-state index in [2.05, 4.69) is 27.7 Å². The summed E-state index contributed by atoms with van der Waals surface area (Å²) in [6, 6.07) is 14.2. The maximum Gasteiger partial charge on any atom is 0.416 e. The van der Waals surface area contributed by atoms with Crippen molar-refractivity contribution in [1.29, 1.82) is 0 Å². The fourth-order valence-corrected chi connectivity index (χ4v) is 5.95. The van der Waals surface area contributed by atoms with Crippen LogP contribution in [0.1, 0.15) is 67.4 Å². The molecule has 2 fully saturated rings. The molecule has 2 aromatic carbocycles. The minimum absolute atomic E-state index is 0.00292. The molecule has 3 aliphatic rings. The highest BCUT2D eigenvalue weighted by atomic mass is 19.4. The minimum Gasteiger partial charge on any atom is -0.378 e. The Balaban J connectivity index is 1.26. The zero-order chi connectivity index (χ0) is 24.3. The van der Waals surface area contributed by atoms with Crippen molar-refractivity contribution in [3.8, 4) is 0 Å². The first-order valence-electron chi connectivity index (χ1n) is 13.1. The first kappa shape index (κ1) is 24.6. The van der Waals surface area contributed by atoms with Gasteiger partial charge >= 0.3 is 6.18 Å². The van der Waals surface area contributed by atoms with Gasteiger partial charge in [-0.3, -0.25) is 0 Å². The molecular formula is C28H36F3N3O. The number of fused-ring (bicyclic) bond motifs is 3. The molecule has 0 amide bonds. The molecule has 0 spiro atoms. The van der Waals surface area contributed by atoms with Crippen LogP contribution in [0, 0.1) is 5.92 Å². The van der Waals surface area contributed by atoms with Gasteiger partial charge < -0.3 is 20.3 Å². The van der Waals surface area contributed by atoms with Crippen LogP contribution < -0.4 is 10.6 Å². The van der Waals surface area contributed by atoms with E-state index >= 15 is 0 Å². The summed E-state index contributed by atoms with van der Waals surface area (Å²) < 4.78 is 47.1. The number of hydrogen-bond donors (Lipinski definition) is 2. The normalized spacial score (nSPS) is 27.1. The SMILES string of the molecule is FC(F)(F)c1ccc2c(c1)[C@H]1O[C@@H](CNCCCN3CCCCC3)CC[C@H]1[C@H](c1ccccc1)N2. The third-order valence-electron chi connectivity index (χ3n) is 7.78. The molecule has 0 radical (unpaired) electrons. The molecule has 4 nitrogen and oxygen atoms in total. The Bertz CT molecular complexity index is 962. The van der Waals surface area contributed by atoms with E-state index in [0.717, 1.165) is 50.1 Å². The summed E-state index contributed by atoms with van der Waals surface area (Å²) in [6.45, 7) is 5.23. The van der Waals surface area contributed by atoms with Crippen molar-refractivity contribution in [2.24, 2.45) is 5.92 Å². The van der Waals surface area contributed by atoms with Gasteiger partial charge in [0, 0.05) is 23.7 Å². The molecule has 3 aliphatic heterocycles. The van der Waals surface area contributed by atoms with Gasteiger partial charge in [-0.25, -0.2) is 0 Å². The largest absolute Gasteiger partial charge is 0.416 e. The lowest BCUT2D eigenvalue weighted by Crippen LogP contribution is -2.42. The molecule has 0 bridgehead atoms. The van der Waals surface area contributed by atoms with Gasteiger partial charge in [-0.2, -0.15) is 13.2 Å². The Morgan fingerprint density at radius 1 is 1.00 bits per heavy atom. The Labute approximate surface area is 206 Å². The number of halogens is 3. The quantitative estimate of drug-likeness (QED) is 0.458. The van der Waals surface area contributed by atoms with E-state index in [1.54, 1.807) is 6.07 Å². The van der Waals surface area contributed by atoms with Crippen molar-refractivity contribution >= 4 is 5.69 Å². The number of alkyl halides is 3. The van der Waals surface area contributed by atoms with Gasteiger partial charge in [-0.15, -0.1) is 0 Å². The number of anilines is 1. The van der Waals surface area contributed by atoms with Crippen LogP contribution >= 0.6 is 0 Å². The fraction of sp³-hybridized carbons (Fsp3) is 0.571. The van der Waals surface area contributed by atoms with Crippen molar-refractivity contribution < 1.29 is 17.9 Å². The van der Waals surface area contributed by atoms with E-state index in [1.807, 2.05) is 18.2 Å². The van der Waals surface area contributed by atoms with Crippen LogP contribution in [-0.4, -0.2) is 43.7 Å². The summed E-state index contributed by atoms with van der Waals surface area (Å²) in [5.41, 5.74) is 1.90. The second-order valence-electron chi connectivity index (χ2n) is 10.2.